The molecule has 6 heteroatoms. The second-order valence-corrected chi connectivity index (χ2v) is 7.74. The molecule has 1 aromatic rings. The first-order valence-corrected chi connectivity index (χ1v) is 9.16. The Kier molecular flexibility index (Phi) is 5.00. The number of rotatable bonds is 6. The van der Waals surface area contributed by atoms with E-state index in [1.165, 1.54) is 11.3 Å². The Morgan fingerprint density at radius 2 is 2.11 bits per heavy atom. The Balaban J connectivity index is 2.31. The molecule has 19 heavy (non-hydrogen) atoms. The Bertz CT molecular complexity index is 504. The van der Waals surface area contributed by atoms with E-state index < -0.39 is 10.0 Å². The minimum atomic E-state index is -3.34. The van der Waals surface area contributed by atoms with Gasteiger partial charge in [-0.15, -0.1) is 11.3 Å². The summed E-state index contributed by atoms with van der Waals surface area (Å²) in [7, 11) is -1.50. The molecule has 0 aromatic carbocycles. The van der Waals surface area contributed by atoms with Crippen LogP contribution in [0.4, 0.5) is 0 Å². The number of hydrogen-bond donors (Lipinski definition) is 1. The van der Waals surface area contributed by atoms with E-state index in [2.05, 4.69) is 5.32 Å². The average Bonchev–Trinajstić information content (AvgIpc) is 3.01. The molecule has 0 aliphatic heterocycles. The van der Waals surface area contributed by atoms with Crippen molar-refractivity contribution in [3.63, 3.8) is 0 Å². The smallest absolute Gasteiger partial charge is 0.244 e. The molecule has 1 aliphatic rings. The Morgan fingerprint density at radius 1 is 1.42 bits per heavy atom. The van der Waals surface area contributed by atoms with Gasteiger partial charge in [0.25, 0.3) is 0 Å². The van der Waals surface area contributed by atoms with Crippen molar-refractivity contribution in [3.05, 3.63) is 16.3 Å². The molecule has 108 valence electrons. The maximum atomic E-state index is 12.8. The fraction of sp³-hybridized carbons (Fsp3) is 0.692. The van der Waals surface area contributed by atoms with E-state index in [1.54, 1.807) is 10.4 Å². The van der Waals surface area contributed by atoms with Crippen molar-refractivity contribution in [3.8, 4) is 0 Å². The topological polar surface area (TPSA) is 49.4 Å². The fourth-order valence-corrected chi connectivity index (χ4v) is 5.91. The molecular weight excluding hydrogens is 280 g/mol. The first-order chi connectivity index (χ1) is 9.11. The Morgan fingerprint density at radius 3 is 2.68 bits per heavy atom. The largest absolute Gasteiger partial charge is 0.315 e. The van der Waals surface area contributed by atoms with Crippen LogP contribution in [0.2, 0.25) is 0 Å². The van der Waals surface area contributed by atoms with E-state index in [4.69, 9.17) is 0 Å². The van der Waals surface area contributed by atoms with Crippen LogP contribution in [-0.4, -0.2) is 32.4 Å². The molecule has 0 amide bonds. The summed E-state index contributed by atoms with van der Waals surface area (Å²) in [6.45, 7) is 3.09. The second kappa shape index (κ2) is 6.35. The third-order valence-electron chi connectivity index (χ3n) is 3.67. The van der Waals surface area contributed by atoms with Gasteiger partial charge in [0, 0.05) is 24.0 Å². The van der Waals surface area contributed by atoms with Crippen molar-refractivity contribution in [2.75, 3.05) is 13.6 Å². The lowest BCUT2D eigenvalue weighted by Gasteiger charge is -2.26. The van der Waals surface area contributed by atoms with Crippen molar-refractivity contribution in [1.82, 2.24) is 9.62 Å². The zero-order valence-electron chi connectivity index (χ0n) is 11.6. The number of hydrogen-bond acceptors (Lipinski definition) is 4. The van der Waals surface area contributed by atoms with E-state index in [1.807, 2.05) is 19.4 Å². The lowest BCUT2D eigenvalue weighted by molar-refractivity contribution is 0.335. The van der Waals surface area contributed by atoms with Gasteiger partial charge in [-0.1, -0.05) is 19.8 Å². The molecule has 0 saturated heterocycles. The van der Waals surface area contributed by atoms with Crippen molar-refractivity contribution < 1.29 is 8.42 Å². The first kappa shape index (κ1) is 15.0. The molecule has 2 rings (SSSR count). The molecular formula is C13H22N2O2S2. The van der Waals surface area contributed by atoms with Gasteiger partial charge in [0.05, 0.1) is 4.90 Å². The molecule has 4 nitrogen and oxygen atoms in total. The Labute approximate surface area is 119 Å². The molecule has 1 fully saturated rings. The van der Waals surface area contributed by atoms with Gasteiger partial charge in [-0.2, -0.15) is 4.31 Å². The number of sulfonamides is 1. The van der Waals surface area contributed by atoms with Crippen LogP contribution < -0.4 is 5.32 Å². The maximum Gasteiger partial charge on any atom is 0.244 e. The number of nitrogens with zero attached hydrogens (tertiary/aromatic N) is 1. The van der Waals surface area contributed by atoms with E-state index in [0.29, 0.717) is 18.0 Å². The highest BCUT2D eigenvalue weighted by Crippen LogP contribution is 2.31. The second-order valence-electron chi connectivity index (χ2n) is 4.89. The van der Waals surface area contributed by atoms with Crippen molar-refractivity contribution in [2.24, 2.45) is 0 Å². The van der Waals surface area contributed by atoms with Gasteiger partial charge in [0.2, 0.25) is 10.0 Å². The van der Waals surface area contributed by atoms with E-state index >= 15 is 0 Å². The van der Waals surface area contributed by atoms with E-state index in [-0.39, 0.29) is 6.04 Å². The summed E-state index contributed by atoms with van der Waals surface area (Å²) < 4.78 is 27.3. The van der Waals surface area contributed by atoms with E-state index in [9.17, 15) is 8.42 Å². The lowest BCUT2D eigenvalue weighted by Crippen LogP contribution is -2.38. The Hall–Kier alpha value is -0.430. The predicted octanol–water partition coefficient (Wildman–Crippen LogP) is 2.42. The third-order valence-corrected chi connectivity index (χ3v) is 6.83. The molecule has 0 atom stereocenters. The SMILES string of the molecule is CCN(C1CCCC1)S(=O)(=O)c1ccsc1CNC. The van der Waals surface area contributed by atoms with Crippen LogP contribution in [0, 0.1) is 0 Å². The van der Waals surface area contributed by atoms with Gasteiger partial charge in [0.15, 0.2) is 0 Å². The summed E-state index contributed by atoms with van der Waals surface area (Å²) in [5.74, 6) is 0. The molecule has 1 N–H and O–H groups in total. The summed E-state index contributed by atoms with van der Waals surface area (Å²) in [5, 5.41) is 4.90. The van der Waals surface area contributed by atoms with Gasteiger partial charge in [0.1, 0.15) is 0 Å². The normalized spacial score (nSPS) is 17.4. The summed E-state index contributed by atoms with van der Waals surface area (Å²) in [6, 6.07) is 1.93. The van der Waals surface area contributed by atoms with Crippen LogP contribution in [-0.2, 0) is 16.6 Å². The van der Waals surface area contributed by atoms with Gasteiger partial charge in [-0.25, -0.2) is 8.42 Å². The summed E-state index contributed by atoms with van der Waals surface area (Å²) in [6.07, 6.45) is 4.28. The highest BCUT2D eigenvalue weighted by molar-refractivity contribution is 7.89. The molecule has 1 heterocycles. The maximum absolute atomic E-state index is 12.8. The quantitative estimate of drug-likeness (QED) is 0.878. The van der Waals surface area contributed by atoms with Gasteiger partial charge < -0.3 is 5.32 Å². The van der Waals surface area contributed by atoms with Crippen LogP contribution in [0.15, 0.2) is 16.3 Å². The zero-order valence-corrected chi connectivity index (χ0v) is 13.2. The van der Waals surface area contributed by atoms with Crippen LogP contribution >= 0.6 is 11.3 Å². The highest BCUT2D eigenvalue weighted by atomic mass is 32.2. The number of nitrogens with one attached hydrogen (secondary N) is 1. The lowest BCUT2D eigenvalue weighted by atomic mass is 10.2. The van der Waals surface area contributed by atoms with Crippen LogP contribution in [0.1, 0.15) is 37.5 Å². The first-order valence-electron chi connectivity index (χ1n) is 6.84. The summed E-state index contributed by atoms with van der Waals surface area (Å²) in [4.78, 5) is 1.39. The van der Waals surface area contributed by atoms with Crippen molar-refractivity contribution in [2.45, 2.75) is 50.1 Å². The molecule has 1 saturated carbocycles. The molecule has 1 aliphatic carbocycles. The standard InChI is InChI=1S/C13H22N2O2S2/c1-3-15(11-6-4-5-7-11)19(16,17)13-8-9-18-12(13)10-14-2/h8-9,11,14H,3-7,10H2,1-2H3. The molecule has 0 bridgehead atoms. The third kappa shape index (κ3) is 3.02. The number of thiophene rings is 1. The van der Waals surface area contributed by atoms with Crippen LogP contribution in [0.5, 0.6) is 0 Å². The van der Waals surface area contributed by atoms with E-state index in [0.717, 1.165) is 30.6 Å². The van der Waals surface area contributed by atoms with Gasteiger partial charge in [-0.05, 0) is 31.3 Å². The van der Waals surface area contributed by atoms with Crippen molar-refractivity contribution in [1.29, 1.82) is 0 Å². The summed E-state index contributed by atoms with van der Waals surface area (Å²) >= 11 is 1.50. The minimum Gasteiger partial charge on any atom is -0.315 e. The monoisotopic (exact) mass is 302 g/mol. The zero-order chi connectivity index (χ0) is 13.9. The van der Waals surface area contributed by atoms with Crippen LogP contribution in [0.3, 0.4) is 0 Å². The van der Waals surface area contributed by atoms with Gasteiger partial charge >= 0.3 is 0 Å². The van der Waals surface area contributed by atoms with Crippen LogP contribution in [0.25, 0.3) is 0 Å². The molecule has 1 aromatic heterocycles. The van der Waals surface area contributed by atoms with Gasteiger partial charge in [-0.3, -0.25) is 0 Å². The average molecular weight is 302 g/mol. The minimum absolute atomic E-state index is 0.192. The molecule has 0 unspecified atom stereocenters. The van der Waals surface area contributed by atoms with Crippen molar-refractivity contribution >= 4 is 21.4 Å². The summed E-state index contributed by atoms with van der Waals surface area (Å²) in [5.41, 5.74) is 0. The fourth-order valence-electron chi connectivity index (χ4n) is 2.79. The highest BCUT2D eigenvalue weighted by Gasteiger charge is 2.33. The molecule has 0 spiro atoms. The molecule has 0 radical (unpaired) electrons. The predicted molar refractivity (Wildman–Crippen MR) is 78.9 cm³/mol.